The third-order valence-electron chi connectivity index (χ3n) is 11.0. The van der Waals surface area contributed by atoms with Crippen LogP contribution < -0.4 is 0 Å². The minimum atomic E-state index is -0.786. The van der Waals surface area contributed by atoms with Crippen LogP contribution in [0.5, 0.6) is 0 Å². The number of unbranched alkanes of at least 4 members (excludes halogenated alkanes) is 25. The van der Waals surface area contributed by atoms with Crippen molar-refractivity contribution in [2.24, 2.45) is 0 Å². The van der Waals surface area contributed by atoms with Crippen LogP contribution in [0.1, 0.15) is 252 Å². The van der Waals surface area contributed by atoms with E-state index in [0.717, 1.165) is 103 Å². The zero-order valence-electron chi connectivity index (χ0n) is 40.2. The fourth-order valence-electron chi connectivity index (χ4n) is 7.08. The third-order valence-corrected chi connectivity index (χ3v) is 11.0. The van der Waals surface area contributed by atoms with Crippen LogP contribution in [-0.4, -0.2) is 37.2 Å². The minimum absolute atomic E-state index is 0.0859. The highest BCUT2D eigenvalue weighted by Crippen LogP contribution is 2.14. The summed E-state index contributed by atoms with van der Waals surface area (Å²) in [6, 6.07) is 0. The van der Waals surface area contributed by atoms with Crippen LogP contribution in [-0.2, 0) is 28.6 Å². The number of esters is 3. The van der Waals surface area contributed by atoms with Crippen LogP contribution >= 0.6 is 0 Å². The number of ether oxygens (including phenoxy) is 3. The predicted molar refractivity (Wildman–Crippen MR) is 261 cm³/mol. The molecule has 6 nitrogen and oxygen atoms in total. The van der Waals surface area contributed by atoms with Crippen molar-refractivity contribution >= 4 is 17.9 Å². The first-order valence-corrected chi connectivity index (χ1v) is 25.8. The van der Waals surface area contributed by atoms with E-state index in [-0.39, 0.29) is 31.1 Å². The second-order valence-corrected chi connectivity index (χ2v) is 17.0. The van der Waals surface area contributed by atoms with Crippen LogP contribution in [0.2, 0.25) is 0 Å². The maximum Gasteiger partial charge on any atom is 0.306 e. The van der Waals surface area contributed by atoms with Crippen LogP contribution in [0.25, 0.3) is 0 Å². The lowest BCUT2D eigenvalue weighted by molar-refractivity contribution is -0.167. The van der Waals surface area contributed by atoms with Crippen molar-refractivity contribution in [1.82, 2.24) is 0 Å². The van der Waals surface area contributed by atoms with Crippen molar-refractivity contribution in [2.75, 3.05) is 13.2 Å². The first-order chi connectivity index (χ1) is 30.0. The van der Waals surface area contributed by atoms with Crippen molar-refractivity contribution in [1.29, 1.82) is 0 Å². The Morgan fingerprint density at radius 3 is 1.07 bits per heavy atom. The van der Waals surface area contributed by atoms with Crippen LogP contribution in [0.3, 0.4) is 0 Å². The average Bonchev–Trinajstić information content (AvgIpc) is 3.26. The predicted octanol–water partition coefficient (Wildman–Crippen LogP) is 16.9. The average molecular weight is 853 g/mol. The molecular formula is C55H96O6. The van der Waals surface area contributed by atoms with Gasteiger partial charge in [-0.15, -0.1) is 0 Å². The smallest absolute Gasteiger partial charge is 0.306 e. The van der Waals surface area contributed by atoms with Gasteiger partial charge in [0.2, 0.25) is 0 Å². The molecular weight excluding hydrogens is 757 g/mol. The Kier molecular flexibility index (Phi) is 47.4. The standard InChI is InChI=1S/C55H96O6/c1-4-7-10-13-16-19-22-24-26-27-29-30-33-36-39-42-45-48-54(57)60-51-52(50-59-53(56)47-44-41-38-35-32-21-18-15-12-9-6-3)61-55(58)49-46-43-40-37-34-31-28-25-23-20-17-14-11-8-5-2/h8,11,15,17-18,20,24-26,28,52H,4-7,9-10,12-14,16,19,21-23,27,29-51H2,1-3H3/b11-8-,18-15-,20-17-,26-24-,28-25-. The van der Waals surface area contributed by atoms with Gasteiger partial charge >= 0.3 is 17.9 Å². The Morgan fingerprint density at radius 2 is 0.656 bits per heavy atom. The topological polar surface area (TPSA) is 78.9 Å². The molecule has 0 bridgehead atoms. The van der Waals surface area contributed by atoms with Crippen LogP contribution in [0.4, 0.5) is 0 Å². The largest absolute Gasteiger partial charge is 0.462 e. The van der Waals surface area contributed by atoms with Crippen molar-refractivity contribution in [2.45, 2.75) is 258 Å². The molecule has 0 spiro atoms. The molecule has 0 aromatic carbocycles. The monoisotopic (exact) mass is 853 g/mol. The number of hydrogen-bond acceptors (Lipinski definition) is 6. The molecule has 0 heterocycles. The number of carbonyl (C=O) groups excluding carboxylic acids is 3. The molecule has 0 aliphatic heterocycles. The van der Waals surface area contributed by atoms with E-state index in [4.69, 9.17) is 14.2 Å². The Balaban J connectivity index is 4.39. The second-order valence-electron chi connectivity index (χ2n) is 17.0. The minimum Gasteiger partial charge on any atom is -0.462 e. The molecule has 0 aliphatic carbocycles. The molecule has 0 aliphatic rings. The van der Waals surface area contributed by atoms with E-state index >= 15 is 0 Å². The molecule has 1 unspecified atom stereocenters. The second kappa shape index (κ2) is 49.8. The summed E-state index contributed by atoms with van der Waals surface area (Å²) in [4.78, 5) is 37.9. The van der Waals surface area contributed by atoms with E-state index in [2.05, 4.69) is 81.5 Å². The van der Waals surface area contributed by atoms with E-state index in [9.17, 15) is 14.4 Å². The Bertz CT molecular complexity index is 1120. The van der Waals surface area contributed by atoms with Gasteiger partial charge in [-0.2, -0.15) is 0 Å². The van der Waals surface area contributed by atoms with Gasteiger partial charge in [-0.05, 0) is 96.3 Å². The molecule has 0 rings (SSSR count). The molecule has 0 N–H and O–H groups in total. The van der Waals surface area contributed by atoms with Gasteiger partial charge in [-0.3, -0.25) is 14.4 Å². The van der Waals surface area contributed by atoms with Crippen LogP contribution in [0.15, 0.2) is 60.8 Å². The quantitative estimate of drug-likeness (QED) is 0.0263. The summed E-state index contributed by atoms with van der Waals surface area (Å²) in [5, 5.41) is 0. The number of hydrogen-bond donors (Lipinski definition) is 0. The van der Waals surface area contributed by atoms with Crippen molar-refractivity contribution < 1.29 is 28.6 Å². The van der Waals surface area contributed by atoms with Gasteiger partial charge in [-0.1, -0.05) is 197 Å². The zero-order valence-corrected chi connectivity index (χ0v) is 40.2. The molecule has 0 aromatic rings. The first-order valence-electron chi connectivity index (χ1n) is 25.8. The normalized spacial score (nSPS) is 12.5. The van der Waals surface area contributed by atoms with E-state index in [0.29, 0.717) is 19.3 Å². The van der Waals surface area contributed by atoms with E-state index < -0.39 is 6.10 Å². The maximum absolute atomic E-state index is 12.8. The molecule has 0 amide bonds. The SMILES string of the molecule is CC/C=C\C/C=C\C/C=C\CCCCCCCC(=O)OC(COC(=O)CCCCCCC/C=C\CCCC)COC(=O)CCCCCCCCC/C=C\CCCCCCCC. The summed E-state index contributed by atoms with van der Waals surface area (Å²) < 4.78 is 16.8. The molecule has 0 radical (unpaired) electrons. The highest BCUT2D eigenvalue weighted by molar-refractivity contribution is 5.71. The molecule has 352 valence electrons. The lowest BCUT2D eigenvalue weighted by atomic mass is 10.1. The van der Waals surface area contributed by atoms with Gasteiger partial charge in [0.25, 0.3) is 0 Å². The summed E-state index contributed by atoms with van der Waals surface area (Å²) >= 11 is 0. The van der Waals surface area contributed by atoms with Gasteiger partial charge in [0.15, 0.2) is 6.10 Å². The molecule has 0 aromatic heterocycles. The van der Waals surface area contributed by atoms with E-state index in [1.807, 2.05) is 0 Å². The lowest BCUT2D eigenvalue weighted by Gasteiger charge is -2.18. The Morgan fingerprint density at radius 1 is 0.344 bits per heavy atom. The fraction of sp³-hybridized carbons (Fsp3) is 0.764. The summed E-state index contributed by atoms with van der Waals surface area (Å²) in [5.74, 6) is -0.914. The van der Waals surface area contributed by atoms with Gasteiger partial charge < -0.3 is 14.2 Å². The first kappa shape index (κ1) is 58.1. The van der Waals surface area contributed by atoms with Crippen molar-refractivity contribution in [3.8, 4) is 0 Å². The number of allylic oxidation sites excluding steroid dienone is 10. The molecule has 61 heavy (non-hydrogen) atoms. The molecule has 0 saturated heterocycles. The maximum atomic E-state index is 12.8. The molecule has 1 atom stereocenters. The van der Waals surface area contributed by atoms with E-state index in [1.54, 1.807) is 0 Å². The highest BCUT2D eigenvalue weighted by Gasteiger charge is 2.19. The van der Waals surface area contributed by atoms with Gasteiger partial charge in [0.1, 0.15) is 13.2 Å². The van der Waals surface area contributed by atoms with Crippen LogP contribution in [0, 0.1) is 0 Å². The third kappa shape index (κ3) is 48.0. The summed E-state index contributed by atoms with van der Waals surface area (Å²) in [7, 11) is 0. The highest BCUT2D eigenvalue weighted by atomic mass is 16.6. The summed E-state index contributed by atoms with van der Waals surface area (Å²) in [6.07, 6.45) is 60.6. The van der Waals surface area contributed by atoms with Gasteiger partial charge in [0, 0.05) is 19.3 Å². The van der Waals surface area contributed by atoms with Gasteiger partial charge in [0.05, 0.1) is 0 Å². The van der Waals surface area contributed by atoms with E-state index in [1.165, 1.54) is 109 Å². The Labute approximate surface area is 377 Å². The fourth-order valence-corrected chi connectivity index (χ4v) is 7.08. The van der Waals surface area contributed by atoms with Crippen molar-refractivity contribution in [3.05, 3.63) is 60.8 Å². The van der Waals surface area contributed by atoms with Crippen molar-refractivity contribution in [3.63, 3.8) is 0 Å². The van der Waals surface area contributed by atoms with Gasteiger partial charge in [-0.25, -0.2) is 0 Å². The summed E-state index contributed by atoms with van der Waals surface area (Å²) in [6.45, 7) is 6.46. The molecule has 6 heteroatoms. The number of carbonyl (C=O) groups is 3. The number of rotatable bonds is 46. The lowest BCUT2D eigenvalue weighted by Crippen LogP contribution is -2.30. The summed E-state index contributed by atoms with van der Waals surface area (Å²) in [5.41, 5.74) is 0. The Hall–Kier alpha value is -2.89. The molecule has 0 fully saturated rings. The zero-order chi connectivity index (χ0) is 44.4. The molecule has 0 saturated carbocycles.